The molecule has 1 amide bonds. The molecule has 1 heterocycles. The van der Waals surface area contributed by atoms with Crippen LogP contribution in [0.5, 0.6) is 0 Å². The van der Waals surface area contributed by atoms with Crippen LogP contribution in [0.4, 0.5) is 4.39 Å². The van der Waals surface area contributed by atoms with E-state index >= 15 is 0 Å². The minimum Gasteiger partial charge on any atom is -0.392 e. The van der Waals surface area contributed by atoms with E-state index in [4.69, 9.17) is 5.11 Å². The van der Waals surface area contributed by atoms with Gasteiger partial charge in [0.25, 0.3) is 5.91 Å². The maximum Gasteiger partial charge on any atom is 0.267 e. The van der Waals surface area contributed by atoms with Crippen molar-refractivity contribution in [3.05, 3.63) is 35.3 Å². The molecule has 0 radical (unpaired) electrons. The summed E-state index contributed by atoms with van der Waals surface area (Å²) >= 11 is 0. The lowest BCUT2D eigenvalue weighted by atomic mass is 10.1. The summed E-state index contributed by atoms with van der Waals surface area (Å²) < 4.78 is 13.1. The van der Waals surface area contributed by atoms with Gasteiger partial charge >= 0.3 is 0 Å². The summed E-state index contributed by atoms with van der Waals surface area (Å²) in [5.41, 5.74) is 1.31. The minimum atomic E-state index is -0.443. The average Bonchev–Trinajstić information content (AvgIpc) is 2.70. The molecule has 0 aliphatic rings. The molecule has 84 valence electrons. The number of hydrogen-bond donors (Lipinski definition) is 3. The molecule has 5 heteroatoms. The van der Waals surface area contributed by atoms with E-state index in [1.54, 1.807) is 6.07 Å². The zero-order valence-electron chi connectivity index (χ0n) is 8.67. The molecule has 0 aliphatic carbocycles. The Kier molecular flexibility index (Phi) is 2.62. The van der Waals surface area contributed by atoms with Crippen LogP contribution in [0.1, 0.15) is 16.1 Å². The first-order chi connectivity index (χ1) is 7.65. The lowest BCUT2D eigenvalue weighted by Crippen LogP contribution is -2.17. The Labute approximate surface area is 91.1 Å². The first-order valence-corrected chi connectivity index (χ1v) is 4.79. The average molecular weight is 222 g/mol. The molecule has 16 heavy (non-hydrogen) atoms. The maximum absolute atomic E-state index is 13.1. The van der Waals surface area contributed by atoms with Gasteiger partial charge in [-0.15, -0.1) is 0 Å². The third kappa shape index (κ3) is 1.65. The summed E-state index contributed by atoms with van der Waals surface area (Å²) in [6.07, 6.45) is 0. The first kappa shape index (κ1) is 10.6. The SMILES string of the molecule is CNC(=O)c1cc2c(CO)cc(F)cc2[nH]1. The van der Waals surface area contributed by atoms with E-state index in [1.807, 2.05) is 0 Å². The second-order valence-electron chi connectivity index (χ2n) is 3.45. The van der Waals surface area contributed by atoms with Crippen LogP contribution in [-0.2, 0) is 6.61 Å². The Hall–Kier alpha value is -1.88. The van der Waals surface area contributed by atoms with Gasteiger partial charge in [0.15, 0.2) is 0 Å². The fourth-order valence-electron chi connectivity index (χ4n) is 1.66. The number of carbonyl (C=O) groups is 1. The Bertz CT molecular complexity index is 548. The molecule has 0 spiro atoms. The maximum atomic E-state index is 13.1. The summed E-state index contributed by atoms with van der Waals surface area (Å²) in [6.45, 7) is -0.265. The Morgan fingerprint density at radius 2 is 2.25 bits per heavy atom. The number of aromatic nitrogens is 1. The summed E-state index contributed by atoms with van der Waals surface area (Å²) in [4.78, 5) is 14.2. The lowest BCUT2D eigenvalue weighted by Gasteiger charge is -1.98. The highest BCUT2D eigenvalue weighted by Gasteiger charge is 2.11. The lowest BCUT2D eigenvalue weighted by molar-refractivity contribution is 0.0959. The van der Waals surface area contributed by atoms with Gasteiger partial charge in [0.1, 0.15) is 11.5 Å². The van der Waals surface area contributed by atoms with Crippen molar-refractivity contribution >= 4 is 16.8 Å². The van der Waals surface area contributed by atoms with E-state index in [0.29, 0.717) is 22.2 Å². The molecule has 0 unspecified atom stereocenters. The van der Waals surface area contributed by atoms with Gasteiger partial charge in [-0.2, -0.15) is 0 Å². The number of H-pyrrole nitrogens is 1. The van der Waals surface area contributed by atoms with E-state index in [2.05, 4.69) is 10.3 Å². The summed E-state index contributed by atoms with van der Waals surface area (Å²) in [7, 11) is 1.52. The molecule has 3 N–H and O–H groups in total. The number of fused-ring (bicyclic) bond motifs is 1. The predicted octanol–water partition coefficient (Wildman–Crippen LogP) is 1.16. The molecule has 2 aromatic rings. The van der Waals surface area contributed by atoms with E-state index in [-0.39, 0.29) is 12.5 Å². The van der Waals surface area contributed by atoms with E-state index in [9.17, 15) is 9.18 Å². The zero-order valence-corrected chi connectivity index (χ0v) is 8.67. The molecule has 1 aromatic heterocycles. The van der Waals surface area contributed by atoms with Crippen LogP contribution in [0.15, 0.2) is 18.2 Å². The van der Waals surface area contributed by atoms with E-state index in [0.717, 1.165) is 0 Å². The standard InChI is InChI=1S/C11H11FN2O2/c1-13-11(16)10-4-8-6(5-15)2-7(12)3-9(8)14-10/h2-4,14-15H,5H2,1H3,(H,13,16). The van der Waals surface area contributed by atoms with E-state index < -0.39 is 5.82 Å². The number of hydrogen-bond acceptors (Lipinski definition) is 2. The fourth-order valence-corrected chi connectivity index (χ4v) is 1.66. The van der Waals surface area contributed by atoms with Crippen LogP contribution in [-0.4, -0.2) is 23.0 Å². The molecule has 2 rings (SSSR count). The van der Waals surface area contributed by atoms with Gasteiger partial charge < -0.3 is 15.4 Å². The van der Waals surface area contributed by atoms with Crippen molar-refractivity contribution in [2.75, 3.05) is 7.05 Å². The normalized spacial score (nSPS) is 10.7. The van der Waals surface area contributed by atoms with Gasteiger partial charge in [-0.1, -0.05) is 0 Å². The smallest absolute Gasteiger partial charge is 0.267 e. The van der Waals surface area contributed by atoms with Gasteiger partial charge in [-0.25, -0.2) is 4.39 Å². The number of aliphatic hydroxyl groups is 1. The number of halogens is 1. The van der Waals surface area contributed by atoms with Gasteiger partial charge in [-0.3, -0.25) is 4.79 Å². The van der Waals surface area contributed by atoms with Crippen LogP contribution in [0.3, 0.4) is 0 Å². The molecule has 0 atom stereocenters. The van der Waals surface area contributed by atoms with Crippen LogP contribution in [0.25, 0.3) is 10.9 Å². The molecule has 0 fully saturated rings. The number of aliphatic hydroxyl groups excluding tert-OH is 1. The molecule has 0 saturated heterocycles. The third-order valence-electron chi connectivity index (χ3n) is 2.43. The molecular weight excluding hydrogens is 211 g/mol. The van der Waals surface area contributed by atoms with Crippen molar-refractivity contribution in [2.45, 2.75) is 6.61 Å². The van der Waals surface area contributed by atoms with Crippen LogP contribution >= 0.6 is 0 Å². The minimum absolute atomic E-state index is 0.265. The first-order valence-electron chi connectivity index (χ1n) is 4.79. The fraction of sp³-hybridized carbons (Fsp3) is 0.182. The monoisotopic (exact) mass is 222 g/mol. The van der Waals surface area contributed by atoms with Crippen LogP contribution in [0, 0.1) is 5.82 Å². The topological polar surface area (TPSA) is 65.1 Å². The predicted molar refractivity (Wildman–Crippen MR) is 57.6 cm³/mol. The van der Waals surface area contributed by atoms with Crippen molar-refractivity contribution in [3.63, 3.8) is 0 Å². The molecule has 1 aromatic carbocycles. The summed E-state index contributed by atoms with van der Waals surface area (Å²) in [5.74, 6) is -0.720. The number of rotatable bonds is 2. The largest absolute Gasteiger partial charge is 0.392 e. The highest BCUT2D eigenvalue weighted by atomic mass is 19.1. The van der Waals surface area contributed by atoms with Crippen molar-refractivity contribution in [2.24, 2.45) is 0 Å². The van der Waals surface area contributed by atoms with Gasteiger partial charge in [-0.05, 0) is 23.8 Å². The van der Waals surface area contributed by atoms with Crippen molar-refractivity contribution < 1.29 is 14.3 Å². The molecule has 0 bridgehead atoms. The van der Waals surface area contributed by atoms with Crippen molar-refractivity contribution in [1.29, 1.82) is 0 Å². The van der Waals surface area contributed by atoms with E-state index in [1.165, 1.54) is 19.2 Å². The van der Waals surface area contributed by atoms with Crippen LogP contribution in [0.2, 0.25) is 0 Å². The number of amides is 1. The Morgan fingerprint density at radius 1 is 1.50 bits per heavy atom. The number of benzene rings is 1. The third-order valence-corrected chi connectivity index (χ3v) is 2.43. The number of carbonyl (C=O) groups excluding carboxylic acids is 1. The number of aromatic amines is 1. The quantitative estimate of drug-likeness (QED) is 0.713. The number of nitrogens with one attached hydrogen (secondary N) is 2. The van der Waals surface area contributed by atoms with Gasteiger partial charge in [0.2, 0.25) is 0 Å². The zero-order chi connectivity index (χ0) is 11.7. The van der Waals surface area contributed by atoms with Gasteiger partial charge in [0, 0.05) is 18.0 Å². The van der Waals surface area contributed by atoms with Crippen molar-refractivity contribution in [1.82, 2.24) is 10.3 Å². The molecular formula is C11H11FN2O2. The molecule has 0 aliphatic heterocycles. The Balaban J connectivity index is 2.64. The molecule has 0 saturated carbocycles. The Morgan fingerprint density at radius 3 is 2.88 bits per heavy atom. The van der Waals surface area contributed by atoms with Crippen molar-refractivity contribution in [3.8, 4) is 0 Å². The molecule has 4 nitrogen and oxygen atoms in total. The van der Waals surface area contributed by atoms with Crippen LogP contribution < -0.4 is 5.32 Å². The highest BCUT2D eigenvalue weighted by molar-refractivity contribution is 5.98. The second-order valence-corrected chi connectivity index (χ2v) is 3.45. The van der Waals surface area contributed by atoms with Gasteiger partial charge in [0.05, 0.1) is 6.61 Å². The second kappa shape index (κ2) is 3.94. The summed E-state index contributed by atoms with van der Waals surface area (Å²) in [6, 6.07) is 4.14. The highest BCUT2D eigenvalue weighted by Crippen LogP contribution is 2.21. The summed E-state index contributed by atoms with van der Waals surface area (Å²) in [5, 5.41) is 12.2.